The molecule has 2 unspecified atom stereocenters. The van der Waals surface area contributed by atoms with Crippen molar-refractivity contribution in [1.29, 1.82) is 0 Å². The summed E-state index contributed by atoms with van der Waals surface area (Å²) >= 11 is 2.67. The largest absolute Gasteiger partial charge is 0.309 e. The quantitative estimate of drug-likeness (QED) is 0.477. The smallest absolute Gasteiger partial charge is 0.0141 e. The summed E-state index contributed by atoms with van der Waals surface area (Å²) in [5, 5.41) is 0. The monoisotopic (exact) mass is 325 g/mol. The van der Waals surface area contributed by atoms with Crippen LogP contribution in [0, 0.1) is 11.8 Å². The predicted molar refractivity (Wildman–Crippen MR) is 78.8 cm³/mol. The van der Waals surface area contributed by atoms with E-state index in [1.54, 1.807) is 0 Å². The van der Waals surface area contributed by atoms with Crippen LogP contribution >= 0.6 is 22.6 Å². The van der Waals surface area contributed by atoms with Crippen LogP contribution in [0.1, 0.15) is 46.5 Å². The first-order valence-corrected chi connectivity index (χ1v) is 7.56. The van der Waals surface area contributed by atoms with E-state index in [0.29, 0.717) is 0 Å². The molecule has 0 aromatic carbocycles. The van der Waals surface area contributed by atoms with Crippen molar-refractivity contribution in [3.05, 3.63) is 0 Å². The normalized spacial score (nSPS) is 17.8. The standard InChI is InChI=1S/C13H28IN/c1-6-8-9-13(14)12(7-2)11(3)10-15(4)5/h11-13H,6-10H2,1-5H3/t11-,12?,13?/m0/s1. The Bertz CT molecular complexity index is 147. The van der Waals surface area contributed by atoms with Crippen LogP contribution in [0.15, 0.2) is 0 Å². The zero-order valence-electron chi connectivity index (χ0n) is 11.1. The molecule has 3 atom stereocenters. The van der Waals surface area contributed by atoms with E-state index >= 15 is 0 Å². The van der Waals surface area contributed by atoms with Gasteiger partial charge < -0.3 is 4.90 Å². The van der Waals surface area contributed by atoms with Crippen molar-refractivity contribution < 1.29 is 0 Å². The minimum absolute atomic E-state index is 0.823. The van der Waals surface area contributed by atoms with E-state index in [4.69, 9.17) is 0 Å². The molecular weight excluding hydrogens is 297 g/mol. The third kappa shape index (κ3) is 6.77. The number of hydrogen-bond donors (Lipinski definition) is 0. The number of halogens is 1. The molecule has 0 bridgehead atoms. The molecule has 1 nitrogen and oxygen atoms in total. The van der Waals surface area contributed by atoms with Crippen LogP contribution in [0.3, 0.4) is 0 Å². The lowest BCUT2D eigenvalue weighted by Gasteiger charge is -2.29. The van der Waals surface area contributed by atoms with Gasteiger partial charge in [-0.05, 0) is 32.4 Å². The van der Waals surface area contributed by atoms with Crippen LogP contribution in [0.25, 0.3) is 0 Å². The Balaban J connectivity index is 4.07. The molecule has 0 aromatic heterocycles. The summed E-state index contributed by atoms with van der Waals surface area (Å²) < 4.78 is 0.863. The number of rotatable bonds is 8. The lowest BCUT2D eigenvalue weighted by molar-refractivity contribution is 0.252. The van der Waals surface area contributed by atoms with Crippen molar-refractivity contribution in [2.75, 3.05) is 20.6 Å². The number of hydrogen-bond acceptors (Lipinski definition) is 1. The van der Waals surface area contributed by atoms with Crippen molar-refractivity contribution >= 4 is 22.6 Å². The third-order valence-corrected chi connectivity index (χ3v) is 4.70. The Morgan fingerprint density at radius 3 is 2.20 bits per heavy atom. The van der Waals surface area contributed by atoms with Gasteiger partial charge in [0.25, 0.3) is 0 Å². The van der Waals surface area contributed by atoms with Gasteiger partial charge in [0, 0.05) is 10.5 Å². The number of unbranched alkanes of at least 4 members (excludes halogenated alkanes) is 1. The SMILES string of the molecule is CCCCC(I)C(CC)[C@@H](C)CN(C)C. The summed E-state index contributed by atoms with van der Waals surface area (Å²) in [6.07, 6.45) is 5.44. The van der Waals surface area contributed by atoms with E-state index in [-0.39, 0.29) is 0 Å². The molecule has 0 fully saturated rings. The van der Waals surface area contributed by atoms with Crippen LogP contribution in [0.5, 0.6) is 0 Å². The van der Waals surface area contributed by atoms with Gasteiger partial charge in [-0.3, -0.25) is 0 Å². The fraction of sp³-hybridized carbons (Fsp3) is 1.00. The number of alkyl halides is 1. The summed E-state index contributed by atoms with van der Waals surface area (Å²) in [5.41, 5.74) is 0. The van der Waals surface area contributed by atoms with E-state index in [0.717, 1.165) is 15.8 Å². The lowest BCUT2D eigenvalue weighted by Crippen LogP contribution is -2.30. The van der Waals surface area contributed by atoms with Gasteiger partial charge in [-0.2, -0.15) is 0 Å². The predicted octanol–water partition coefficient (Wildman–Crippen LogP) is 4.20. The van der Waals surface area contributed by atoms with Gasteiger partial charge in [-0.15, -0.1) is 0 Å². The van der Waals surface area contributed by atoms with E-state index in [2.05, 4.69) is 62.4 Å². The second-order valence-corrected chi connectivity index (χ2v) is 6.57. The Kier molecular flexibility index (Phi) is 9.20. The molecule has 0 aliphatic heterocycles. The average molecular weight is 325 g/mol. The van der Waals surface area contributed by atoms with Crippen molar-refractivity contribution in [3.8, 4) is 0 Å². The molecule has 0 saturated heterocycles. The van der Waals surface area contributed by atoms with Crippen molar-refractivity contribution in [1.82, 2.24) is 4.90 Å². The highest BCUT2D eigenvalue weighted by Crippen LogP contribution is 2.29. The fourth-order valence-corrected chi connectivity index (χ4v) is 4.00. The van der Waals surface area contributed by atoms with Crippen molar-refractivity contribution in [3.63, 3.8) is 0 Å². The van der Waals surface area contributed by atoms with Crippen LogP contribution in [-0.2, 0) is 0 Å². The average Bonchev–Trinajstić information content (AvgIpc) is 2.14. The van der Waals surface area contributed by atoms with Crippen LogP contribution < -0.4 is 0 Å². The molecule has 92 valence electrons. The molecule has 2 heteroatoms. The first-order chi connectivity index (χ1) is 7.02. The minimum atomic E-state index is 0.823. The van der Waals surface area contributed by atoms with E-state index in [1.165, 1.54) is 32.2 Å². The third-order valence-electron chi connectivity index (χ3n) is 3.15. The van der Waals surface area contributed by atoms with Gasteiger partial charge >= 0.3 is 0 Å². The molecule has 0 radical (unpaired) electrons. The summed E-state index contributed by atoms with van der Waals surface area (Å²) in [7, 11) is 4.36. The Morgan fingerprint density at radius 2 is 1.80 bits per heavy atom. The summed E-state index contributed by atoms with van der Waals surface area (Å²) in [6.45, 7) is 8.26. The fourth-order valence-electron chi connectivity index (χ4n) is 2.34. The van der Waals surface area contributed by atoms with Gasteiger partial charge in [0.2, 0.25) is 0 Å². The maximum absolute atomic E-state index is 2.67. The first kappa shape index (κ1) is 15.7. The second-order valence-electron chi connectivity index (χ2n) is 4.97. The molecule has 0 heterocycles. The van der Waals surface area contributed by atoms with Gasteiger partial charge in [0.05, 0.1) is 0 Å². The van der Waals surface area contributed by atoms with Gasteiger partial charge in [-0.1, -0.05) is 62.6 Å². The molecule has 0 rings (SSSR count). The maximum Gasteiger partial charge on any atom is 0.0141 e. The van der Waals surface area contributed by atoms with Gasteiger partial charge in [0.15, 0.2) is 0 Å². The van der Waals surface area contributed by atoms with E-state index in [1.807, 2.05) is 0 Å². The Labute approximate surface area is 110 Å². The van der Waals surface area contributed by atoms with Crippen LogP contribution in [0.4, 0.5) is 0 Å². The molecule has 0 aliphatic rings. The van der Waals surface area contributed by atoms with Crippen LogP contribution in [-0.4, -0.2) is 29.5 Å². The van der Waals surface area contributed by atoms with E-state index < -0.39 is 0 Å². The lowest BCUT2D eigenvalue weighted by atomic mass is 9.86. The highest BCUT2D eigenvalue weighted by Gasteiger charge is 2.23. The highest BCUT2D eigenvalue weighted by molar-refractivity contribution is 14.1. The Morgan fingerprint density at radius 1 is 1.20 bits per heavy atom. The second kappa shape index (κ2) is 8.80. The zero-order valence-corrected chi connectivity index (χ0v) is 13.3. The molecule has 15 heavy (non-hydrogen) atoms. The van der Waals surface area contributed by atoms with Gasteiger partial charge in [0.1, 0.15) is 0 Å². The minimum Gasteiger partial charge on any atom is -0.309 e. The Hall–Kier alpha value is 0.690. The molecule has 0 saturated carbocycles. The molecule has 0 aliphatic carbocycles. The zero-order chi connectivity index (χ0) is 11.8. The van der Waals surface area contributed by atoms with Gasteiger partial charge in [-0.25, -0.2) is 0 Å². The molecule has 0 aromatic rings. The summed E-state index contributed by atoms with van der Waals surface area (Å²) in [5.74, 6) is 1.71. The summed E-state index contributed by atoms with van der Waals surface area (Å²) in [4.78, 5) is 2.32. The molecular formula is C13H28IN. The summed E-state index contributed by atoms with van der Waals surface area (Å²) in [6, 6.07) is 0. The highest BCUT2D eigenvalue weighted by atomic mass is 127. The topological polar surface area (TPSA) is 3.24 Å². The first-order valence-electron chi connectivity index (χ1n) is 6.31. The van der Waals surface area contributed by atoms with Crippen LogP contribution in [0.2, 0.25) is 0 Å². The maximum atomic E-state index is 2.67. The van der Waals surface area contributed by atoms with Crippen molar-refractivity contribution in [2.24, 2.45) is 11.8 Å². The van der Waals surface area contributed by atoms with Crippen molar-refractivity contribution in [2.45, 2.75) is 50.4 Å². The van der Waals surface area contributed by atoms with E-state index in [9.17, 15) is 0 Å². The molecule has 0 N–H and O–H groups in total. The number of nitrogens with zero attached hydrogens (tertiary/aromatic N) is 1. The molecule has 0 spiro atoms. The molecule has 0 amide bonds.